The summed E-state index contributed by atoms with van der Waals surface area (Å²) in [4.78, 5) is 0. The van der Waals surface area contributed by atoms with Gasteiger partial charge in [0.15, 0.2) is 6.10 Å². The van der Waals surface area contributed by atoms with Gasteiger partial charge in [0.2, 0.25) is 0 Å². The van der Waals surface area contributed by atoms with E-state index >= 15 is 0 Å². The van der Waals surface area contributed by atoms with Crippen molar-refractivity contribution in [3.63, 3.8) is 0 Å². The molecule has 210 valence electrons. The first kappa shape index (κ1) is 28.7. The van der Waals surface area contributed by atoms with Crippen LogP contribution in [0.25, 0.3) is 0 Å². The Kier molecular flexibility index (Phi) is 10.7. The highest BCUT2D eigenvalue weighted by atomic mass is 16.6. The van der Waals surface area contributed by atoms with Gasteiger partial charge in [-0.2, -0.15) is 5.26 Å². The number of hydrogen-bond donors (Lipinski definition) is 0. The van der Waals surface area contributed by atoms with Gasteiger partial charge in [0.1, 0.15) is 24.4 Å². The molecule has 0 spiro atoms. The quantitative estimate of drug-likeness (QED) is 0.196. The molecule has 4 aromatic rings. The van der Waals surface area contributed by atoms with Crippen LogP contribution in [0.15, 0.2) is 121 Å². The average molecular weight is 550 g/mol. The minimum atomic E-state index is -0.860. The molecule has 1 saturated heterocycles. The highest BCUT2D eigenvalue weighted by Crippen LogP contribution is 2.31. The Morgan fingerprint density at radius 2 is 0.902 bits per heavy atom. The van der Waals surface area contributed by atoms with E-state index in [9.17, 15) is 5.26 Å². The molecule has 0 aromatic heterocycles. The molecule has 4 aromatic carbocycles. The number of hydrogen-bond acceptors (Lipinski definition) is 6. The SMILES string of the molecule is N#C[C@@H]1O[C@H](COCc2ccccc2)[C@H](OCc2ccccc2)[C@H](OCc2ccccc2)[C@H]1OCc1ccccc1. The van der Waals surface area contributed by atoms with Crippen LogP contribution in [0, 0.1) is 11.3 Å². The Morgan fingerprint density at radius 3 is 1.34 bits per heavy atom. The van der Waals surface area contributed by atoms with Crippen LogP contribution in [0.3, 0.4) is 0 Å². The minimum Gasteiger partial charge on any atom is -0.374 e. The second-order valence-electron chi connectivity index (χ2n) is 10.0. The maximum atomic E-state index is 10.2. The summed E-state index contributed by atoms with van der Waals surface area (Å²) in [5, 5.41) is 10.2. The van der Waals surface area contributed by atoms with Gasteiger partial charge in [0, 0.05) is 0 Å². The molecule has 0 aliphatic carbocycles. The van der Waals surface area contributed by atoms with E-state index in [1.807, 2.05) is 121 Å². The van der Waals surface area contributed by atoms with Crippen molar-refractivity contribution in [3.05, 3.63) is 144 Å². The molecular weight excluding hydrogens is 514 g/mol. The number of benzene rings is 4. The Labute approximate surface area is 242 Å². The van der Waals surface area contributed by atoms with Crippen LogP contribution in [0.4, 0.5) is 0 Å². The zero-order valence-electron chi connectivity index (χ0n) is 23.0. The van der Waals surface area contributed by atoms with Crippen molar-refractivity contribution in [2.24, 2.45) is 0 Å². The first-order chi connectivity index (χ1) is 20.3. The lowest BCUT2D eigenvalue weighted by Crippen LogP contribution is -2.60. The largest absolute Gasteiger partial charge is 0.374 e. The topological polar surface area (TPSA) is 69.9 Å². The Hall–Kier alpha value is -3.83. The molecule has 41 heavy (non-hydrogen) atoms. The van der Waals surface area contributed by atoms with Gasteiger partial charge in [-0.15, -0.1) is 0 Å². The van der Waals surface area contributed by atoms with E-state index in [1.54, 1.807) is 0 Å². The smallest absolute Gasteiger partial charge is 0.173 e. The first-order valence-electron chi connectivity index (χ1n) is 13.9. The first-order valence-corrected chi connectivity index (χ1v) is 13.9. The van der Waals surface area contributed by atoms with Crippen LogP contribution in [-0.2, 0) is 50.1 Å². The molecule has 6 heteroatoms. The molecule has 0 N–H and O–H groups in total. The molecule has 0 saturated carbocycles. The van der Waals surface area contributed by atoms with E-state index < -0.39 is 30.5 Å². The van der Waals surface area contributed by atoms with Gasteiger partial charge in [-0.05, 0) is 22.3 Å². The lowest BCUT2D eigenvalue weighted by molar-refractivity contribution is -0.261. The number of rotatable bonds is 13. The summed E-state index contributed by atoms with van der Waals surface area (Å²) in [6.45, 7) is 1.68. The van der Waals surface area contributed by atoms with Gasteiger partial charge in [-0.1, -0.05) is 121 Å². The van der Waals surface area contributed by atoms with Crippen LogP contribution in [0.2, 0.25) is 0 Å². The Bertz CT molecular complexity index is 1330. The number of ether oxygens (including phenoxy) is 5. The molecule has 1 heterocycles. The highest BCUT2D eigenvalue weighted by Gasteiger charge is 2.48. The van der Waals surface area contributed by atoms with E-state index in [-0.39, 0.29) is 6.61 Å². The third-order valence-corrected chi connectivity index (χ3v) is 7.01. The highest BCUT2D eigenvalue weighted by molar-refractivity contribution is 5.17. The maximum absolute atomic E-state index is 10.2. The van der Waals surface area contributed by atoms with Crippen molar-refractivity contribution in [2.45, 2.75) is 56.9 Å². The van der Waals surface area contributed by atoms with Crippen LogP contribution in [-0.4, -0.2) is 37.1 Å². The van der Waals surface area contributed by atoms with E-state index in [4.69, 9.17) is 23.7 Å². The zero-order valence-corrected chi connectivity index (χ0v) is 23.0. The molecule has 5 atom stereocenters. The molecule has 5 rings (SSSR count). The number of nitrogens with zero attached hydrogens (tertiary/aromatic N) is 1. The molecular formula is C35H35NO5. The average Bonchev–Trinajstić information content (AvgIpc) is 3.04. The van der Waals surface area contributed by atoms with Crippen molar-refractivity contribution in [3.8, 4) is 6.07 Å². The Morgan fingerprint density at radius 1 is 0.512 bits per heavy atom. The molecule has 1 aliphatic rings. The molecule has 6 nitrogen and oxygen atoms in total. The van der Waals surface area contributed by atoms with E-state index in [0.717, 1.165) is 22.3 Å². The van der Waals surface area contributed by atoms with Gasteiger partial charge in [-0.25, -0.2) is 0 Å². The molecule has 1 fully saturated rings. The van der Waals surface area contributed by atoms with Crippen LogP contribution in [0.1, 0.15) is 22.3 Å². The lowest BCUT2D eigenvalue weighted by Gasteiger charge is -2.44. The Balaban J connectivity index is 1.39. The summed E-state index contributed by atoms with van der Waals surface area (Å²) < 4.78 is 31.9. The monoisotopic (exact) mass is 549 g/mol. The second kappa shape index (κ2) is 15.2. The van der Waals surface area contributed by atoms with Crippen molar-refractivity contribution in [1.82, 2.24) is 0 Å². The summed E-state index contributed by atoms with van der Waals surface area (Å²) in [7, 11) is 0. The van der Waals surface area contributed by atoms with E-state index in [2.05, 4.69) is 6.07 Å². The fourth-order valence-corrected chi connectivity index (χ4v) is 4.89. The minimum absolute atomic E-state index is 0.239. The lowest BCUT2D eigenvalue weighted by atomic mass is 9.94. The molecule has 0 amide bonds. The molecule has 0 radical (unpaired) electrons. The molecule has 0 unspecified atom stereocenters. The van der Waals surface area contributed by atoms with Crippen molar-refractivity contribution < 1.29 is 23.7 Å². The van der Waals surface area contributed by atoms with Crippen LogP contribution < -0.4 is 0 Å². The van der Waals surface area contributed by atoms with Gasteiger partial charge < -0.3 is 23.7 Å². The summed E-state index contributed by atoms with van der Waals surface area (Å²) in [6, 6.07) is 42.1. The predicted molar refractivity (Wildman–Crippen MR) is 155 cm³/mol. The van der Waals surface area contributed by atoms with E-state index in [0.29, 0.717) is 26.4 Å². The predicted octanol–water partition coefficient (Wildman–Crippen LogP) is 6.25. The van der Waals surface area contributed by atoms with Crippen molar-refractivity contribution >= 4 is 0 Å². The summed E-state index contributed by atoms with van der Waals surface area (Å²) >= 11 is 0. The zero-order chi connectivity index (χ0) is 28.1. The van der Waals surface area contributed by atoms with Gasteiger partial charge >= 0.3 is 0 Å². The molecule has 1 aliphatic heterocycles. The fourth-order valence-electron chi connectivity index (χ4n) is 4.89. The maximum Gasteiger partial charge on any atom is 0.173 e. The summed E-state index contributed by atoms with van der Waals surface area (Å²) in [6.07, 6.45) is -3.19. The van der Waals surface area contributed by atoms with Gasteiger partial charge in [0.25, 0.3) is 0 Å². The standard InChI is InChI=1S/C35H35NO5/c36-21-31-33(38-23-28-15-7-2-8-16-28)35(40-25-30-19-11-4-12-20-30)34(39-24-29-17-9-3-10-18-29)32(41-31)26-37-22-27-13-5-1-6-14-27/h1-20,31-35H,22-26H2/t31-,32+,33-,34-,35+/m0/s1. The second-order valence-corrected chi connectivity index (χ2v) is 10.0. The van der Waals surface area contributed by atoms with Gasteiger partial charge in [0.05, 0.1) is 39.1 Å². The number of nitriles is 1. The molecule has 0 bridgehead atoms. The summed E-state index contributed by atoms with van der Waals surface area (Å²) in [5.74, 6) is 0. The van der Waals surface area contributed by atoms with Crippen LogP contribution in [0.5, 0.6) is 0 Å². The third-order valence-electron chi connectivity index (χ3n) is 7.01. The van der Waals surface area contributed by atoms with Crippen molar-refractivity contribution in [1.29, 1.82) is 5.26 Å². The van der Waals surface area contributed by atoms with Crippen molar-refractivity contribution in [2.75, 3.05) is 6.61 Å². The van der Waals surface area contributed by atoms with E-state index in [1.165, 1.54) is 0 Å². The third kappa shape index (κ3) is 8.34. The summed E-state index contributed by atoms with van der Waals surface area (Å²) in [5.41, 5.74) is 4.11. The fraction of sp³-hybridized carbons (Fsp3) is 0.286. The van der Waals surface area contributed by atoms with Gasteiger partial charge in [-0.3, -0.25) is 0 Å². The normalized spacial score (nSPS) is 22.2. The van der Waals surface area contributed by atoms with Crippen LogP contribution >= 0.6 is 0 Å².